The van der Waals surface area contributed by atoms with Gasteiger partial charge in [-0.05, 0) is 60.0 Å². The van der Waals surface area contributed by atoms with Gasteiger partial charge in [-0.1, -0.05) is 46.9 Å². The van der Waals surface area contributed by atoms with Crippen LogP contribution >= 0.6 is 34.8 Å². The van der Waals surface area contributed by atoms with Crippen LogP contribution in [0.1, 0.15) is 27.2 Å². The van der Waals surface area contributed by atoms with E-state index in [2.05, 4.69) is 10.1 Å². The van der Waals surface area contributed by atoms with Gasteiger partial charge in [-0.2, -0.15) is 18.3 Å². The van der Waals surface area contributed by atoms with Gasteiger partial charge in [0.15, 0.2) is 5.69 Å². The van der Waals surface area contributed by atoms with Crippen molar-refractivity contribution in [1.82, 2.24) is 19.7 Å². The predicted octanol–water partition coefficient (Wildman–Crippen LogP) is 7.13. The number of carbonyl (C=O) groups excluding carboxylic acids is 1. The van der Waals surface area contributed by atoms with Crippen molar-refractivity contribution in [2.24, 2.45) is 0 Å². The number of alkyl halides is 3. The molecule has 2 heterocycles. The van der Waals surface area contributed by atoms with Gasteiger partial charge in [0.2, 0.25) is 0 Å². The van der Waals surface area contributed by atoms with Gasteiger partial charge in [0.25, 0.3) is 5.91 Å². The number of nitrogens with zero attached hydrogens (tertiary/aromatic N) is 4. The van der Waals surface area contributed by atoms with E-state index in [1.54, 1.807) is 42.7 Å². The van der Waals surface area contributed by atoms with Crippen LogP contribution < -0.4 is 0 Å². The number of aromatic nitrogens is 3. The first-order chi connectivity index (χ1) is 17.1. The van der Waals surface area contributed by atoms with Gasteiger partial charge in [-0.25, -0.2) is 4.68 Å². The molecule has 0 aliphatic carbocycles. The summed E-state index contributed by atoms with van der Waals surface area (Å²) in [6.07, 6.45) is -0.579. The summed E-state index contributed by atoms with van der Waals surface area (Å²) in [5.41, 5.74) is -0.395. The Morgan fingerprint density at radius 1 is 0.944 bits per heavy atom. The van der Waals surface area contributed by atoms with Crippen molar-refractivity contribution in [1.29, 1.82) is 0 Å². The maximum Gasteiger partial charge on any atom is 0.434 e. The summed E-state index contributed by atoms with van der Waals surface area (Å²) in [6, 6.07) is 14.1. The molecule has 0 radical (unpaired) electrons. The molecule has 0 aliphatic rings. The molecule has 0 saturated carbocycles. The molecular weight excluding hydrogens is 536 g/mol. The number of hydrogen-bond acceptors (Lipinski definition) is 3. The highest BCUT2D eigenvalue weighted by Crippen LogP contribution is 2.35. The molecule has 11 heteroatoms. The topological polar surface area (TPSA) is 51.0 Å². The quantitative estimate of drug-likeness (QED) is 0.245. The second-order valence-electron chi connectivity index (χ2n) is 7.83. The highest BCUT2D eigenvalue weighted by molar-refractivity contribution is 6.36. The van der Waals surface area contributed by atoms with Gasteiger partial charge in [0.05, 0.1) is 17.4 Å². The first kappa shape index (κ1) is 26.0. The minimum Gasteiger partial charge on any atom is -0.334 e. The lowest BCUT2D eigenvalue weighted by atomic mass is 10.1. The first-order valence-electron chi connectivity index (χ1n) is 10.7. The number of amides is 1. The van der Waals surface area contributed by atoms with Gasteiger partial charge in [-0.15, -0.1) is 0 Å². The molecule has 0 aliphatic heterocycles. The maximum absolute atomic E-state index is 14.2. The van der Waals surface area contributed by atoms with Gasteiger partial charge in [0, 0.05) is 40.6 Å². The third-order valence-electron chi connectivity index (χ3n) is 5.42. The number of carbonyl (C=O) groups is 1. The van der Waals surface area contributed by atoms with E-state index in [0.29, 0.717) is 30.9 Å². The van der Waals surface area contributed by atoms with E-state index in [0.717, 1.165) is 6.20 Å². The second kappa shape index (κ2) is 10.9. The average Bonchev–Trinajstić information content (AvgIpc) is 3.30. The molecule has 2 aromatic heterocycles. The minimum atomic E-state index is -4.85. The van der Waals surface area contributed by atoms with Crippen molar-refractivity contribution in [3.8, 4) is 5.69 Å². The largest absolute Gasteiger partial charge is 0.434 e. The minimum absolute atomic E-state index is 0.0260. The Kier molecular flexibility index (Phi) is 7.88. The van der Waals surface area contributed by atoms with Crippen LogP contribution in [0.25, 0.3) is 5.69 Å². The Hall–Kier alpha value is -3.07. The molecule has 0 bridgehead atoms. The van der Waals surface area contributed by atoms with E-state index in [1.165, 1.54) is 29.2 Å². The van der Waals surface area contributed by atoms with Crippen molar-refractivity contribution in [2.75, 3.05) is 6.54 Å². The van der Waals surface area contributed by atoms with Crippen molar-refractivity contribution in [2.45, 2.75) is 19.1 Å². The molecule has 0 fully saturated rings. The number of pyridine rings is 1. The Morgan fingerprint density at radius 3 is 2.25 bits per heavy atom. The van der Waals surface area contributed by atoms with Crippen LogP contribution in [0.15, 0.2) is 73.2 Å². The van der Waals surface area contributed by atoms with Crippen LogP contribution in [0.4, 0.5) is 13.2 Å². The fourth-order valence-electron chi connectivity index (χ4n) is 3.71. The van der Waals surface area contributed by atoms with Gasteiger partial charge in [-0.3, -0.25) is 9.78 Å². The van der Waals surface area contributed by atoms with E-state index in [4.69, 9.17) is 34.8 Å². The summed E-state index contributed by atoms with van der Waals surface area (Å²) >= 11 is 18.4. The Morgan fingerprint density at radius 2 is 1.64 bits per heavy atom. The highest BCUT2D eigenvalue weighted by atomic mass is 35.5. The fourth-order valence-corrected chi connectivity index (χ4v) is 4.42. The molecule has 0 atom stereocenters. The number of halogens is 6. The van der Waals surface area contributed by atoms with E-state index >= 15 is 0 Å². The van der Waals surface area contributed by atoms with E-state index in [9.17, 15) is 18.0 Å². The van der Waals surface area contributed by atoms with E-state index in [-0.39, 0.29) is 25.2 Å². The molecule has 1 amide bonds. The van der Waals surface area contributed by atoms with Crippen molar-refractivity contribution >= 4 is 40.7 Å². The number of hydrogen-bond donors (Lipinski definition) is 0. The first-order valence-corrected chi connectivity index (χ1v) is 11.8. The highest BCUT2D eigenvalue weighted by Gasteiger charge is 2.41. The summed E-state index contributed by atoms with van der Waals surface area (Å²) in [6.45, 7) is 0.0821. The van der Waals surface area contributed by atoms with Crippen molar-refractivity contribution in [3.63, 3.8) is 0 Å². The molecule has 0 unspecified atom stereocenters. The second-order valence-corrected chi connectivity index (χ2v) is 9.08. The maximum atomic E-state index is 14.2. The van der Waals surface area contributed by atoms with Gasteiger partial charge < -0.3 is 4.90 Å². The summed E-state index contributed by atoms with van der Waals surface area (Å²) in [4.78, 5) is 18.9. The third kappa shape index (κ3) is 5.83. The monoisotopic (exact) mass is 552 g/mol. The summed E-state index contributed by atoms with van der Waals surface area (Å²) < 4.78 is 43.3. The van der Waals surface area contributed by atoms with E-state index in [1.807, 2.05) is 0 Å². The van der Waals surface area contributed by atoms with Crippen molar-refractivity contribution < 1.29 is 18.0 Å². The Labute approximate surface area is 220 Å². The Balaban J connectivity index is 1.72. The lowest BCUT2D eigenvalue weighted by molar-refractivity contribution is -0.143. The molecule has 36 heavy (non-hydrogen) atoms. The molecule has 4 rings (SSSR count). The lowest BCUT2D eigenvalue weighted by Crippen LogP contribution is -2.34. The zero-order chi connectivity index (χ0) is 25.9. The predicted molar refractivity (Wildman–Crippen MR) is 133 cm³/mol. The molecule has 5 nitrogen and oxygen atoms in total. The van der Waals surface area contributed by atoms with Gasteiger partial charge >= 0.3 is 6.18 Å². The van der Waals surface area contributed by atoms with Crippen molar-refractivity contribution in [3.05, 3.63) is 111 Å². The third-order valence-corrected chi connectivity index (χ3v) is 6.38. The SMILES string of the molecule is O=C(c1cnn(-c2ccc(Cl)cc2)c1C(F)(F)F)N(CCc1c(Cl)cccc1Cl)Cc1cccnc1. The smallest absolute Gasteiger partial charge is 0.334 e. The van der Waals surface area contributed by atoms with Gasteiger partial charge in [0.1, 0.15) is 0 Å². The van der Waals surface area contributed by atoms with Crippen LogP contribution in [0.5, 0.6) is 0 Å². The average molecular weight is 554 g/mol. The Bertz CT molecular complexity index is 1340. The van der Waals surface area contributed by atoms with Crippen LogP contribution in [-0.2, 0) is 19.1 Å². The number of benzene rings is 2. The molecule has 0 saturated heterocycles. The number of rotatable bonds is 7. The van der Waals surface area contributed by atoms with Crippen LogP contribution in [-0.4, -0.2) is 32.1 Å². The summed E-state index contributed by atoms with van der Waals surface area (Å²) in [5, 5.41) is 5.06. The van der Waals surface area contributed by atoms with Crippen LogP contribution in [0, 0.1) is 0 Å². The molecule has 2 aromatic carbocycles. The standard InChI is InChI=1S/C25H18Cl3F3N4O/c26-17-6-8-18(9-7-17)35-23(25(29,30)31)20(14-33-35)24(36)34(15-16-3-2-11-32-13-16)12-10-19-21(27)4-1-5-22(19)28/h1-9,11,13-14H,10,12,15H2. The molecular formula is C25H18Cl3F3N4O. The van der Waals surface area contributed by atoms with Crippen LogP contribution in [0.2, 0.25) is 15.1 Å². The zero-order valence-corrected chi connectivity index (χ0v) is 20.8. The lowest BCUT2D eigenvalue weighted by Gasteiger charge is -2.24. The summed E-state index contributed by atoms with van der Waals surface area (Å²) in [5.74, 6) is -0.838. The fraction of sp³-hybridized carbons (Fsp3) is 0.160. The normalized spacial score (nSPS) is 11.5. The molecule has 186 valence electrons. The molecule has 0 spiro atoms. The molecule has 4 aromatic rings. The zero-order valence-electron chi connectivity index (χ0n) is 18.5. The molecule has 0 N–H and O–H groups in total. The summed E-state index contributed by atoms with van der Waals surface area (Å²) in [7, 11) is 0. The van der Waals surface area contributed by atoms with Crippen LogP contribution in [0.3, 0.4) is 0 Å². The van der Waals surface area contributed by atoms with E-state index < -0.39 is 23.3 Å².